The van der Waals surface area contributed by atoms with Crippen molar-refractivity contribution in [1.82, 2.24) is 20.4 Å². The molecule has 0 atom stereocenters. The van der Waals surface area contributed by atoms with Gasteiger partial charge in [0.2, 0.25) is 5.91 Å². The molecule has 6 heteroatoms. The van der Waals surface area contributed by atoms with Crippen molar-refractivity contribution in [2.24, 2.45) is 4.99 Å². The lowest BCUT2D eigenvalue weighted by Crippen LogP contribution is -2.48. The van der Waals surface area contributed by atoms with Crippen molar-refractivity contribution in [2.45, 2.75) is 51.6 Å². The summed E-state index contributed by atoms with van der Waals surface area (Å²) in [5.74, 6) is 1.22. The molecule has 1 aromatic carbocycles. The monoisotopic (exact) mass is 385 g/mol. The molecule has 2 N–H and O–H groups in total. The highest BCUT2D eigenvalue weighted by Crippen LogP contribution is 2.14. The van der Waals surface area contributed by atoms with Crippen LogP contribution in [0.2, 0.25) is 0 Å². The third-order valence-corrected chi connectivity index (χ3v) is 5.55. The number of hydrogen-bond acceptors (Lipinski definition) is 3. The maximum Gasteiger partial charge on any atom is 0.222 e. The number of nitrogens with one attached hydrogen (secondary N) is 2. The third kappa shape index (κ3) is 6.51. The first-order valence-electron chi connectivity index (χ1n) is 10.8. The van der Waals surface area contributed by atoms with Crippen LogP contribution in [0.3, 0.4) is 0 Å². The average Bonchev–Trinajstić information content (AvgIpc) is 3.12. The van der Waals surface area contributed by atoms with Gasteiger partial charge in [-0.15, -0.1) is 0 Å². The van der Waals surface area contributed by atoms with Crippen LogP contribution in [-0.2, 0) is 11.3 Å². The quantitative estimate of drug-likeness (QED) is 0.409. The van der Waals surface area contributed by atoms with Crippen LogP contribution in [0.15, 0.2) is 35.3 Å². The van der Waals surface area contributed by atoms with Crippen LogP contribution in [-0.4, -0.2) is 67.0 Å². The molecule has 0 unspecified atom stereocenters. The van der Waals surface area contributed by atoms with E-state index in [2.05, 4.69) is 52.8 Å². The van der Waals surface area contributed by atoms with Gasteiger partial charge in [0, 0.05) is 58.3 Å². The molecule has 2 saturated heterocycles. The fourth-order valence-corrected chi connectivity index (χ4v) is 3.98. The number of rotatable bonds is 8. The first kappa shape index (κ1) is 20.6. The summed E-state index contributed by atoms with van der Waals surface area (Å²) in [6.45, 7) is 8.74. The molecule has 154 valence electrons. The van der Waals surface area contributed by atoms with Gasteiger partial charge in [0.25, 0.3) is 0 Å². The second-order valence-corrected chi connectivity index (χ2v) is 7.78. The minimum absolute atomic E-state index is 0.302. The van der Waals surface area contributed by atoms with Crippen LogP contribution >= 0.6 is 0 Å². The van der Waals surface area contributed by atoms with Gasteiger partial charge in [0.1, 0.15) is 0 Å². The molecule has 28 heavy (non-hydrogen) atoms. The van der Waals surface area contributed by atoms with E-state index in [1.165, 1.54) is 5.56 Å². The molecule has 0 radical (unpaired) electrons. The Morgan fingerprint density at radius 1 is 1.18 bits per heavy atom. The third-order valence-electron chi connectivity index (χ3n) is 5.55. The fraction of sp³-hybridized carbons (Fsp3) is 0.636. The number of hydrogen-bond donors (Lipinski definition) is 2. The normalized spacial score (nSPS) is 19.2. The van der Waals surface area contributed by atoms with Gasteiger partial charge in [0.15, 0.2) is 5.96 Å². The molecule has 2 fully saturated rings. The topological polar surface area (TPSA) is 60.0 Å². The number of likely N-dealkylation sites (tertiary alicyclic amines) is 2. The van der Waals surface area contributed by atoms with E-state index in [1.807, 2.05) is 4.90 Å². The van der Waals surface area contributed by atoms with Crippen molar-refractivity contribution in [1.29, 1.82) is 0 Å². The number of piperidine rings is 1. The summed E-state index contributed by atoms with van der Waals surface area (Å²) in [4.78, 5) is 20.9. The summed E-state index contributed by atoms with van der Waals surface area (Å²) in [6.07, 6.45) is 4.93. The first-order chi connectivity index (χ1) is 13.7. The van der Waals surface area contributed by atoms with Gasteiger partial charge in [-0.1, -0.05) is 30.3 Å². The molecule has 2 heterocycles. The lowest BCUT2D eigenvalue weighted by molar-refractivity contribution is -0.127. The molecule has 2 aliphatic heterocycles. The highest BCUT2D eigenvalue weighted by molar-refractivity contribution is 5.80. The molecule has 2 aliphatic rings. The van der Waals surface area contributed by atoms with Gasteiger partial charge >= 0.3 is 0 Å². The average molecular weight is 386 g/mol. The van der Waals surface area contributed by atoms with Crippen molar-refractivity contribution in [2.75, 3.05) is 39.3 Å². The maximum atomic E-state index is 11.7. The molecule has 6 nitrogen and oxygen atoms in total. The highest BCUT2D eigenvalue weighted by atomic mass is 16.2. The minimum atomic E-state index is 0.302. The Morgan fingerprint density at radius 2 is 1.96 bits per heavy atom. The van der Waals surface area contributed by atoms with E-state index in [1.54, 1.807) is 0 Å². The molecule has 0 spiro atoms. The summed E-state index contributed by atoms with van der Waals surface area (Å²) in [5.41, 5.74) is 1.39. The van der Waals surface area contributed by atoms with E-state index in [9.17, 15) is 4.79 Å². The van der Waals surface area contributed by atoms with Crippen LogP contribution in [0.1, 0.15) is 44.6 Å². The number of amides is 1. The number of carbonyl (C=O) groups excluding carboxylic acids is 1. The van der Waals surface area contributed by atoms with Crippen LogP contribution in [0.25, 0.3) is 0 Å². The zero-order chi connectivity index (χ0) is 19.6. The molecule has 0 saturated carbocycles. The molecule has 3 rings (SSSR count). The van der Waals surface area contributed by atoms with Crippen LogP contribution in [0.5, 0.6) is 0 Å². The Hall–Kier alpha value is -2.08. The van der Waals surface area contributed by atoms with E-state index in [0.717, 1.165) is 83.9 Å². The first-order valence-corrected chi connectivity index (χ1v) is 10.8. The molecular formula is C22H35N5O. The van der Waals surface area contributed by atoms with Crippen molar-refractivity contribution in [3.05, 3.63) is 35.9 Å². The molecule has 0 aliphatic carbocycles. The number of benzene rings is 1. The van der Waals surface area contributed by atoms with Gasteiger partial charge in [0.05, 0.1) is 0 Å². The zero-order valence-corrected chi connectivity index (χ0v) is 17.2. The molecule has 1 aromatic rings. The Balaban J connectivity index is 1.38. The van der Waals surface area contributed by atoms with E-state index in [-0.39, 0.29) is 0 Å². The van der Waals surface area contributed by atoms with Crippen LogP contribution < -0.4 is 10.6 Å². The molecular weight excluding hydrogens is 350 g/mol. The van der Waals surface area contributed by atoms with E-state index >= 15 is 0 Å². The van der Waals surface area contributed by atoms with E-state index < -0.39 is 0 Å². The van der Waals surface area contributed by atoms with E-state index in [0.29, 0.717) is 11.9 Å². The van der Waals surface area contributed by atoms with Gasteiger partial charge in [-0.05, 0) is 38.2 Å². The van der Waals surface area contributed by atoms with Gasteiger partial charge in [-0.3, -0.25) is 14.7 Å². The van der Waals surface area contributed by atoms with Crippen molar-refractivity contribution in [3.8, 4) is 0 Å². The predicted octanol–water partition coefficient (Wildman–Crippen LogP) is 2.22. The predicted molar refractivity (Wildman–Crippen MR) is 114 cm³/mol. The Kier molecular flexibility index (Phi) is 8.15. The largest absolute Gasteiger partial charge is 0.357 e. The smallest absolute Gasteiger partial charge is 0.222 e. The summed E-state index contributed by atoms with van der Waals surface area (Å²) in [7, 11) is 0. The molecule has 0 aromatic heterocycles. The number of guanidine groups is 1. The summed E-state index contributed by atoms with van der Waals surface area (Å²) in [6, 6.07) is 11.2. The second-order valence-electron chi connectivity index (χ2n) is 7.78. The van der Waals surface area contributed by atoms with E-state index in [4.69, 9.17) is 4.99 Å². The van der Waals surface area contributed by atoms with Gasteiger partial charge in [-0.2, -0.15) is 0 Å². The molecule has 0 bridgehead atoms. The van der Waals surface area contributed by atoms with Crippen molar-refractivity contribution >= 4 is 11.9 Å². The summed E-state index contributed by atoms with van der Waals surface area (Å²) in [5, 5.41) is 6.97. The summed E-state index contributed by atoms with van der Waals surface area (Å²) >= 11 is 0. The Labute approximate surface area is 169 Å². The fourth-order valence-electron chi connectivity index (χ4n) is 3.98. The number of nitrogens with zero attached hydrogens (tertiary/aromatic N) is 3. The minimum Gasteiger partial charge on any atom is -0.357 e. The van der Waals surface area contributed by atoms with Crippen molar-refractivity contribution in [3.63, 3.8) is 0 Å². The number of aliphatic imine (C=N–C) groups is 1. The lowest BCUT2D eigenvalue weighted by Gasteiger charge is -2.33. The summed E-state index contributed by atoms with van der Waals surface area (Å²) < 4.78 is 0. The highest BCUT2D eigenvalue weighted by Gasteiger charge is 2.21. The zero-order valence-electron chi connectivity index (χ0n) is 17.2. The van der Waals surface area contributed by atoms with Crippen molar-refractivity contribution < 1.29 is 4.79 Å². The maximum absolute atomic E-state index is 11.7. The van der Waals surface area contributed by atoms with Gasteiger partial charge < -0.3 is 15.5 Å². The standard InChI is InChI=1S/C22H35N5O/c1-2-23-22(24-13-7-15-27-14-6-10-21(27)28)25-20-11-16-26(17-12-20)18-19-8-4-3-5-9-19/h3-5,8-9,20H,2,6-7,10-18H2,1H3,(H2,23,24,25). The lowest BCUT2D eigenvalue weighted by atomic mass is 10.0. The van der Waals surface area contributed by atoms with Gasteiger partial charge in [-0.25, -0.2) is 0 Å². The Morgan fingerprint density at radius 3 is 2.64 bits per heavy atom. The van der Waals surface area contributed by atoms with Crippen LogP contribution in [0.4, 0.5) is 0 Å². The Bertz CT molecular complexity index is 625. The SMILES string of the molecule is CCNC(=NCCCN1CCCC1=O)NC1CCN(Cc2ccccc2)CC1. The number of carbonyl (C=O) groups is 1. The van der Waals surface area contributed by atoms with Crippen LogP contribution in [0, 0.1) is 0 Å². The molecule has 1 amide bonds. The second kappa shape index (κ2) is 11.1.